The zero-order valence-corrected chi connectivity index (χ0v) is 10.7. The second kappa shape index (κ2) is 4.56. The largest absolute Gasteiger partial charge is 0.207 e. The summed E-state index contributed by atoms with van der Waals surface area (Å²) < 4.78 is 13.1. The normalized spacial score (nSPS) is 12.8. The summed E-state index contributed by atoms with van der Waals surface area (Å²) in [5.74, 6) is -0.186. The SMILES string of the molecule is Cc1cc(C(Cl)c2cscc2C)ccc1F. The van der Waals surface area contributed by atoms with Gasteiger partial charge in [0.2, 0.25) is 0 Å². The Balaban J connectivity index is 2.38. The van der Waals surface area contributed by atoms with Gasteiger partial charge in [-0.1, -0.05) is 12.1 Å². The van der Waals surface area contributed by atoms with Crippen LogP contribution in [0.1, 0.15) is 27.6 Å². The number of benzene rings is 1. The first-order valence-electron chi connectivity index (χ1n) is 5.02. The maximum atomic E-state index is 13.1. The fourth-order valence-corrected chi connectivity index (χ4v) is 2.96. The average Bonchev–Trinajstić information content (AvgIpc) is 2.67. The van der Waals surface area contributed by atoms with Crippen molar-refractivity contribution in [3.8, 4) is 0 Å². The molecule has 0 bridgehead atoms. The van der Waals surface area contributed by atoms with E-state index in [1.807, 2.05) is 18.4 Å². The zero-order valence-electron chi connectivity index (χ0n) is 9.13. The third-order valence-electron chi connectivity index (χ3n) is 2.64. The van der Waals surface area contributed by atoms with Crippen LogP contribution in [0.25, 0.3) is 0 Å². The van der Waals surface area contributed by atoms with E-state index in [9.17, 15) is 4.39 Å². The van der Waals surface area contributed by atoms with Crippen LogP contribution >= 0.6 is 22.9 Å². The van der Waals surface area contributed by atoms with Gasteiger partial charge in [-0.15, -0.1) is 11.6 Å². The van der Waals surface area contributed by atoms with Crippen molar-refractivity contribution in [2.75, 3.05) is 0 Å². The predicted molar refractivity (Wildman–Crippen MR) is 67.9 cm³/mol. The van der Waals surface area contributed by atoms with E-state index in [4.69, 9.17) is 11.6 Å². The van der Waals surface area contributed by atoms with E-state index in [0.29, 0.717) is 5.56 Å². The Morgan fingerprint density at radius 3 is 2.50 bits per heavy atom. The Morgan fingerprint density at radius 2 is 1.94 bits per heavy atom. The lowest BCUT2D eigenvalue weighted by Crippen LogP contribution is -1.95. The minimum atomic E-state index is -0.189. The van der Waals surface area contributed by atoms with Crippen molar-refractivity contribution in [2.24, 2.45) is 0 Å². The lowest BCUT2D eigenvalue weighted by molar-refractivity contribution is 0.617. The second-order valence-electron chi connectivity index (χ2n) is 3.88. The molecular formula is C13H12ClFS. The molecule has 1 aromatic heterocycles. The number of rotatable bonds is 2. The Bertz CT molecular complexity index is 504. The predicted octanol–water partition coefficient (Wildman–Crippen LogP) is 4.83. The van der Waals surface area contributed by atoms with Gasteiger partial charge < -0.3 is 0 Å². The van der Waals surface area contributed by atoms with Crippen LogP contribution < -0.4 is 0 Å². The molecule has 0 saturated heterocycles. The van der Waals surface area contributed by atoms with E-state index in [2.05, 4.69) is 5.38 Å². The number of hydrogen-bond acceptors (Lipinski definition) is 1. The standard InChI is InChI=1S/C13H12ClFS/c1-8-5-10(3-4-12(8)15)13(14)11-7-16-6-9(11)2/h3-7,13H,1-2H3. The molecule has 1 heterocycles. The highest BCUT2D eigenvalue weighted by molar-refractivity contribution is 7.08. The van der Waals surface area contributed by atoms with Crippen LogP contribution in [0, 0.1) is 19.7 Å². The third kappa shape index (κ3) is 2.13. The highest BCUT2D eigenvalue weighted by Gasteiger charge is 2.14. The molecule has 16 heavy (non-hydrogen) atoms. The van der Waals surface area contributed by atoms with Gasteiger partial charge >= 0.3 is 0 Å². The summed E-state index contributed by atoms with van der Waals surface area (Å²) in [6.07, 6.45) is 0. The topological polar surface area (TPSA) is 0 Å². The van der Waals surface area contributed by atoms with Gasteiger partial charge in [-0.3, -0.25) is 0 Å². The lowest BCUT2D eigenvalue weighted by atomic mass is 10.0. The maximum absolute atomic E-state index is 13.1. The number of alkyl halides is 1. The monoisotopic (exact) mass is 254 g/mol. The summed E-state index contributed by atoms with van der Waals surface area (Å²) in [7, 11) is 0. The second-order valence-corrected chi connectivity index (χ2v) is 5.06. The quantitative estimate of drug-likeness (QED) is 0.673. The van der Waals surface area contributed by atoms with Crippen LogP contribution in [0.15, 0.2) is 29.0 Å². The van der Waals surface area contributed by atoms with Crippen molar-refractivity contribution in [1.29, 1.82) is 0 Å². The zero-order chi connectivity index (χ0) is 11.7. The summed E-state index contributed by atoms with van der Waals surface area (Å²) in [5.41, 5.74) is 3.88. The van der Waals surface area contributed by atoms with Crippen molar-refractivity contribution in [3.63, 3.8) is 0 Å². The minimum Gasteiger partial charge on any atom is -0.207 e. The molecule has 0 nitrogen and oxygen atoms in total. The summed E-state index contributed by atoms with van der Waals surface area (Å²) >= 11 is 8.02. The fourth-order valence-electron chi connectivity index (χ4n) is 1.64. The van der Waals surface area contributed by atoms with Crippen LogP contribution in [0.4, 0.5) is 4.39 Å². The maximum Gasteiger partial charge on any atom is 0.126 e. The van der Waals surface area contributed by atoms with Gasteiger partial charge in [-0.2, -0.15) is 11.3 Å². The summed E-state index contributed by atoms with van der Waals surface area (Å²) in [4.78, 5) is 0. The molecule has 1 atom stereocenters. The first-order valence-corrected chi connectivity index (χ1v) is 6.40. The molecule has 0 spiro atoms. The molecule has 2 aromatic rings. The molecule has 0 radical (unpaired) electrons. The van der Waals surface area contributed by atoms with E-state index >= 15 is 0 Å². The highest BCUT2D eigenvalue weighted by Crippen LogP contribution is 2.33. The van der Waals surface area contributed by atoms with E-state index in [0.717, 1.165) is 11.1 Å². The van der Waals surface area contributed by atoms with Crippen LogP contribution in [0.5, 0.6) is 0 Å². The molecule has 0 aliphatic carbocycles. The summed E-state index contributed by atoms with van der Waals surface area (Å²) in [6, 6.07) is 5.03. The first kappa shape index (κ1) is 11.6. The van der Waals surface area contributed by atoms with Gasteiger partial charge in [0.05, 0.1) is 5.38 Å². The molecule has 1 aromatic carbocycles. The first-order chi connectivity index (χ1) is 7.59. The highest BCUT2D eigenvalue weighted by atomic mass is 35.5. The molecule has 3 heteroatoms. The molecule has 2 rings (SSSR count). The molecule has 0 fully saturated rings. The van der Waals surface area contributed by atoms with Crippen molar-refractivity contribution in [2.45, 2.75) is 19.2 Å². The number of thiophene rings is 1. The van der Waals surface area contributed by atoms with Crippen LogP contribution in [-0.2, 0) is 0 Å². The molecule has 0 saturated carbocycles. The molecule has 1 unspecified atom stereocenters. The van der Waals surface area contributed by atoms with Crippen molar-refractivity contribution in [1.82, 2.24) is 0 Å². The Kier molecular flexibility index (Phi) is 3.31. The molecule has 0 aliphatic heterocycles. The Labute approximate surface area is 104 Å². The van der Waals surface area contributed by atoms with Crippen LogP contribution in [0.2, 0.25) is 0 Å². The van der Waals surface area contributed by atoms with E-state index < -0.39 is 0 Å². The van der Waals surface area contributed by atoms with Crippen molar-refractivity contribution < 1.29 is 4.39 Å². The summed E-state index contributed by atoms with van der Waals surface area (Å²) in [5, 5.41) is 3.93. The molecule has 84 valence electrons. The molecule has 0 aliphatic rings. The van der Waals surface area contributed by atoms with Gasteiger partial charge in [0.15, 0.2) is 0 Å². The molecule has 0 amide bonds. The number of hydrogen-bond donors (Lipinski definition) is 0. The van der Waals surface area contributed by atoms with Gasteiger partial charge in [-0.25, -0.2) is 4.39 Å². The fraction of sp³-hybridized carbons (Fsp3) is 0.231. The third-order valence-corrected chi connectivity index (χ3v) is 4.01. The van der Waals surface area contributed by atoms with Crippen LogP contribution in [0.3, 0.4) is 0 Å². The lowest BCUT2D eigenvalue weighted by Gasteiger charge is -2.10. The van der Waals surface area contributed by atoms with Crippen LogP contribution in [-0.4, -0.2) is 0 Å². The Hall–Kier alpha value is -0.860. The number of aryl methyl sites for hydroxylation is 2. The Morgan fingerprint density at radius 1 is 1.19 bits per heavy atom. The van der Waals surface area contributed by atoms with Gasteiger partial charge in [0, 0.05) is 0 Å². The van der Waals surface area contributed by atoms with Gasteiger partial charge in [0.25, 0.3) is 0 Å². The van der Waals surface area contributed by atoms with Gasteiger partial charge in [-0.05, 0) is 52.9 Å². The molecular weight excluding hydrogens is 243 g/mol. The van der Waals surface area contributed by atoms with E-state index in [1.165, 1.54) is 11.6 Å². The van der Waals surface area contributed by atoms with E-state index in [1.54, 1.807) is 24.3 Å². The van der Waals surface area contributed by atoms with Crippen molar-refractivity contribution in [3.05, 3.63) is 57.0 Å². The average molecular weight is 255 g/mol. The smallest absolute Gasteiger partial charge is 0.126 e. The van der Waals surface area contributed by atoms with Crippen molar-refractivity contribution >= 4 is 22.9 Å². The van der Waals surface area contributed by atoms with Gasteiger partial charge in [0.1, 0.15) is 5.82 Å². The number of halogens is 2. The molecule has 0 N–H and O–H groups in total. The minimum absolute atomic E-state index is 0.186. The summed E-state index contributed by atoms with van der Waals surface area (Å²) in [6.45, 7) is 3.79. The van der Waals surface area contributed by atoms with E-state index in [-0.39, 0.29) is 11.2 Å².